The van der Waals surface area contributed by atoms with Gasteiger partial charge in [0.25, 0.3) is 0 Å². The number of carbonyl (C=O) groups excluding carboxylic acids is 1. The molecule has 1 saturated carbocycles. The average Bonchev–Trinajstić information content (AvgIpc) is 3.09. The van der Waals surface area contributed by atoms with Crippen molar-refractivity contribution < 1.29 is 14.7 Å². The zero-order chi connectivity index (χ0) is 13.8. The summed E-state index contributed by atoms with van der Waals surface area (Å²) in [6.45, 7) is 3.35. The van der Waals surface area contributed by atoms with Crippen molar-refractivity contribution in [1.82, 2.24) is 15.5 Å². The van der Waals surface area contributed by atoms with Gasteiger partial charge in [-0.2, -0.15) is 0 Å². The zero-order valence-electron chi connectivity index (χ0n) is 11.1. The minimum atomic E-state index is -0.928. The van der Waals surface area contributed by atoms with E-state index in [4.69, 9.17) is 5.11 Å². The van der Waals surface area contributed by atoms with E-state index in [0.717, 1.165) is 13.0 Å². The number of carboxylic acids is 1. The SMILES string of the molecule is CC1SCC(C(=O)O)N1C(=O)NCCCNC1CC1. The van der Waals surface area contributed by atoms with Crippen LogP contribution in [0.25, 0.3) is 0 Å². The van der Waals surface area contributed by atoms with E-state index in [-0.39, 0.29) is 11.4 Å². The molecule has 2 unspecified atom stereocenters. The van der Waals surface area contributed by atoms with E-state index < -0.39 is 12.0 Å². The number of amides is 2. The van der Waals surface area contributed by atoms with E-state index in [1.54, 1.807) is 0 Å². The van der Waals surface area contributed by atoms with Crippen molar-refractivity contribution >= 4 is 23.8 Å². The summed E-state index contributed by atoms with van der Waals surface area (Å²) < 4.78 is 0. The molecule has 0 aromatic rings. The molecule has 2 amide bonds. The lowest BCUT2D eigenvalue weighted by Gasteiger charge is -2.25. The number of carboxylic acid groups (broad SMARTS) is 1. The first-order valence-corrected chi connectivity index (χ1v) is 7.78. The summed E-state index contributed by atoms with van der Waals surface area (Å²) in [5.74, 6) is -0.463. The molecule has 6 nitrogen and oxygen atoms in total. The molecule has 3 N–H and O–H groups in total. The van der Waals surface area contributed by atoms with Gasteiger partial charge in [-0.05, 0) is 32.7 Å². The van der Waals surface area contributed by atoms with Gasteiger partial charge in [-0.25, -0.2) is 9.59 Å². The summed E-state index contributed by atoms with van der Waals surface area (Å²) in [5, 5.41) is 15.2. The molecule has 108 valence electrons. The smallest absolute Gasteiger partial charge is 0.327 e. The molecule has 2 atom stereocenters. The second kappa shape index (κ2) is 6.47. The van der Waals surface area contributed by atoms with E-state index in [2.05, 4.69) is 10.6 Å². The van der Waals surface area contributed by atoms with Crippen molar-refractivity contribution in [3.8, 4) is 0 Å². The van der Waals surface area contributed by atoms with Crippen LogP contribution in [0.2, 0.25) is 0 Å². The Kier molecular flexibility index (Phi) is 4.93. The minimum Gasteiger partial charge on any atom is -0.480 e. The maximum atomic E-state index is 12.0. The number of hydrogen-bond donors (Lipinski definition) is 3. The fourth-order valence-corrected chi connectivity index (χ4v) is 3.28. The lowest BCUT2D eigenvalue weighted by Crippen LogP contribution is -2.49. The summed E-state index contributed by atoms with van der Waals surface area (Å²) in [4.78, 5) is 24.5. The van der Waals surface area contributed by atoms with Gasteiger partial charge in [0.05, 0.1) is 5.37 Å². The normalized spacial score (nSPS) is 26.5. The molecular weight excluding hydrogens is 266 g/mol. The van der Waals surface area contributed by atoms with Crippen LogP contribution in [0.5, 0.6) is 0 Å². The Morgan fingerprint density at radius 2 is 2.11 bits per heavy atom. The Morgan fingerprint density at radius 1 is 1.37 bits per heavy atom. The number of nitrogens with one attached hydrogen (secondary N) is 2. The van der Waals surface area contributed by atoms with Crippen molar-refractivity contribution in [1.29, 1.82) is 0 Å². The van der Waals surface area contributed by atoms with Crippen molar-refractivity contribution in [3.05, 3.63) is 0 Å². The maximum absolute atomic E-state index is 12.0. The van der Waals surface area contributed by atoms with Crippen molar-refractivity contribution in [2.45, 2.75) is 43.6 Å². The third-order valence-corrected chi connectivity index (χ3v) is 4.60. The number of thioether (sulfide) groups is 1. The van der Waals surface area contributed by atoms with Gasteiger partial charge >= 0.3 is 12.0 Å². The number of hydrogen-bond acceptors (Lipinski definition) is 4. The molecule has 2 rings (SSSR count). The van der Waals surface area contributed by atoms with Crippen LogP contribution in [-0.2, 0) is 4.79 Å². The molecule has 0 bridgehead atoms. The fourth-order valence-electron chi connectivity index (χ4n) is 2.11. The summed E-state index contributed by atoms with van der Waals surface area (Å²) >= 11 is 1.50. The number of aliphatic carboxylic acids is 1. The largest absolute Gasteiger partial charge is 0.480 e. The van der Waals surface area contributed by atoms with Crippen LogP contribution in [0.15, 0.2) is 0 Å². The summed E-state index contributed by atoms with van der Waals surface area (Å²) in [7, 11) is 0. The molecule has 1 saturated heterocycles. The predicted octanol–water partition coefficient (Wildman–Crippen LogP) is 0.686. The van der Waals surface area contributed by atoms with Crippen LogP contribution < -0.4 is 10.6 Å². The third-order valence-electron chi connectivity index (χ3n) is 3.38. The monoisotopic (exact) mass is 287 g/mol. The lowest BCUT2D eigenvalue weighted by molar-refractivity contribution is -0.141. The summed E-state index contributed by atoms with van der Waals surface area (Å²) in [6.07, 6.45) is 3.39. The first-order valence-electron chi connectivity index (χ1n) is 6.73. The molecule has 2 aliphatic rings. The number of nitrogens with zero attached hydrogens (tertiary/aromatic N) is 1. The van der Waals surface area contributed by atoms with E-state index in [0.29, 0.717) is 18.3 Å². The standard InChI is InChI=1S/C12H21N3O3S/c1-8-15(10(7-19-8)11(16)17)12(18)14-6-2-5-13-9-3-4-9/h8-10,13H,2-7H2,1H3,(H,14,18)(H,16,17). The first-order chi connectivity index (χ1) is 9.09. The first kappa shape index (κ1) is 14.5. The minimum absolute atomic E-state index is 0.0781. The average molecular weight is 287 g/mol. The molecular formula is C12H21N3O3S. The van der Waals surface area contributed by atoms with Gasteiger partial charge in [0.15, 0.2) is 0 Å². The topological polar surface area (TPSA) is 81.7 Å². The number of urea groups is 1. The Bertz CT molecular complexity index is 349. The van der Waals surface area contributed by atoms with Crippen LogP contribution in [-0.4, -0.2) is 58.3 Å². The highest BCUT2D eigenvalue weighted by Crippen LogP contribution is 2.28. The van der Waals surface area contributed by atoms with Gasteiger partial charge in [-0.15, -0.1) is 11.8 Å². The van der Waals surface area contributed by atoms with Crippen LogP contribution in [0.1, 0.15) is 26.2 Å². The third kappa shape index (κ3) is 4.01. The van der Waals surface area contributed by atoms with Gasteiger partial charge < -0.3 is 15.7 Å². The summed E-state index contributed by atoms with van der Waals surface area (Å²) in [5.41, 5.74) is 0. The van der Waals surface area contributed by atoms with Crippen LogP contribution >= 0.6 is 11.8 Å². The van der Waals surface area contributed by atoms with Crippen LogP contribution in [0, 0.1) is 0 Å². The second-order valence-corrected chi connectivity index (χ2v) is 6.36. The Hall–Kier alpha value is -0.950. The molecule has 0 radical (unpaired) electrons. The van der Waals surface area contributed by atoms with Crippen molar-refractivity contribution in [2.75, 3.05) is 18.8 Å². The molecule has 7 heteroatoms. The molecule has 1 aliphatic heterocycles. The molecule has 2 fully saturated rings. The van der Waals surface area contributed by atoms with Gasteiger partial charge in [0.2, 0.25) is 0 Å². The van der Waals surface area contributed by atoms with Gasteiger partial charge in [0.1, 0.15) is 6.04 Å². The van der Waals surface area contributed by atoms with E-state index in [1.807, 2.05) is 6.92 Å². The second-order valence-electron chi connectivity index (χ2n) is 5.01. The van der Waals surface area contributed by atoms with Gasteiger partial charge in [0, 0.05) is 18.3 Å². The number of carbonyl (C=O) groups is 2. The quantitative estimate of drug-likeness (QED) is 0.626. The van der Waals surface area contributed by atoms with Crippen molar-refractivity contribution in [3.63, 3.8) is 0 Å². The molecule has 0 aromatic carbocycles. The molecule has 1 aliphatic carbocycles. The molecule has 0 aromatic heterocycles. The van der Waals surface area contributed by atoms with Gasteiger partial charge in [-0.1, -0.05) is 0 Å². The highest BCUT2D eigenvalue weighted by atomic mass is 32.2. The maximum Gasteiger partial charge on any atom is 0.327 e. The van der Waals surface area contributed by atoms with Gasteiger partial charge in [-0.3, -0.25) is 4.90 Å². The number of rotatable bonds is 6. The molecule has 0 spiro atoms. The molecule has 1 heterocycles. The Labute approximate surface area is 117 Å². The summed E-state index contributed by atoms with van der Waals surface area (Å²) in [6, 6.07) is -0.289. The van der Waals surface area contributed by atoms with E-state index in [1.165, 1.54) is 29.5 Å². The van der Waals surface area contributed by atoms with Crippen LogP contribution in [0.3, 0.4) is 0 Å². The lowest BCUT2D eigenvalue weighted by atomic mass is 10.3. The highest BCUT2D eigenvalue weighted by Gasteiger charge is 2.39. The highest BCUT2D eigenvalue weighted by molar-refractivity contribution is 8.00. The zero-order valence-corrected chi connectivity index (χ0v) is 11.9. The Morgan fingerprint density at radius 3 is 2.74 bits per heavy atom. The fraction of sp³-hybridized carbons (Fsp3) is 0.833. The van der Waals surface area contributed by atoms with Crippen molar-refractivity contribution in [2.24, 2.45) is 0 Å². The Balaban J connectivity index is 1.69. The van der Waals surface area contributed by atoms with E-state index >= 15 is 0 Å². The predicted molar refractivity (Wildman–Crippen MR) is 74.2 cm³/mol. The molecule has 19 heavy (non-hydrogen) atoms. The van der Waals surface area contributed by atoms with E-state index in [9.17, 15) is 9.59 Å². The van der Waals surface area contributed by atoms with Crippen LogP contribution in [0.4, 0.5) is 4.79 Å².